The van der Waals surface area contributed by atoms with E-state index >= 15 is 0 Å². The van der Waals surface area contributed by atoms with E-state index in [1.54, 1.807) is 0 Å². The van der Waals surface area contributed by atoms with Gasteiger partial charge >= 0.3 is 0 Å². The van der Waals surface area contributed by atoms with Crippen molar-refractivity contribution in [3.8, 4) is 0 Å². The Balaban J connectivity index is 2.76. The van der Waals surface area contributed by atoms with Crippen molar-refractivity contribution >= 4 is 0 Å². The van der Waals surface area contributed by atoms with Crippen molar-refractivity contribution in [3.63, 3.8) is 0 Å². The van der Waals surface area contributed by atoms with Crippen molar-refractivity contribution in [1.82, 2.24) is 0 Å². The molecule has 0 aliphatic rings. The van der Waals surface area contributed by atoms with Gasteiger partial charge in [-0.25, -0.2) is 0 Å². The van der Waals surface area contributed by atoms with Crippen LogP contribution in [0.25, 0.3) is 0 Å². The van der Waals surface area contributed by atoms with Crippen LogP contribution in [0, 0.1) is 5.41 Å². The minimum Gasteiger partial charge on any atom is -0.0649 e. The molecule has 0 aliphatic carbocycles. The van der Waals surface area contributed by atoms with Gasteiger partial charge in [-0.05, 0) is 29.4 Å². The van der Waals surface area contributed by atoms with Crippen LogP contribution >= 0.6 is 0 Å². The van der Waals surface area contributed by atoms with E-state index in [2.05, 4.69) is 52.0 Å². The lowest BCUT2D eigenvalue weighted by Crippen LogP contribution is -2.13. The van der Waals surface area contributed by atoms with Crippen LogP contribution in [0.3, 0.4) is 0 Å². The molecule has 1 aromatic rings. The first-order valence-electron chi connectivity index (χ1n) is 5.65. The van der Waals surface area contributed by atoms with Crippen molar-refractivity contribution in [1.29, 1.82) is 0 Å². The van der Waals surface area contributed by atoms with E-state index in [4.69, 9.17) is 0 Å². The molecule has 0 nitrogen and oxygen atoms in total. The number of hydrogen-bond acceptors (Lipinski definition) is 0. The van der Waals surface area contributed by atoms with Gasteiger partial charge in [-0.3, -0.25) is 0 Å². The first-order chi connectivity index (χ1) is 6.57. The molecule has 0 bridgehead atoms. The molecule has 1 rings (SSSR count). The molecule has 0 saturated carbocycles. The summed E-state index contributed by atoms with van der Waals surface area (Å²) >= 11 is 0. The Kier molecular flexibility index (Phi) is 3.74. The molecule has 0 amide bonds. The highest BCUT2D eigenvalue weighted by Crippen LogP contribution is 2.25. The van der Waals surface area contributed by atoms with E-state index in [-0.39, 0.29) is 0 Å². The van der Waals surface area contributed by atoms with Gasteiger partial charge in [-0.1, -0.05) is 58.4 Å². The molecule has 0 saturated heterocycles. The Morgan fingerprint density at radius 2 is 1.71 bits per heavy atom. The van der Waals surface area contributed by atoms with Gasteiger partial charge in [-0.15, -0.1) is 0 Å². The molecular weight excluding hydrogens is 168 g/mol. The number of rotatable bonds is 4. The van der Waals surface area contributed by atoms with Gasteiger partial charge in [0.05, 0.1) is 0 Å². The first-order valence-corrected chi connectivity index (χ1v) is 5.65. The fourth-order valence-electron chi connectivity index (χ4n) is 1.64. The first kappa shape index (κ1) is 11.3. The average molecular weight is 190 g/mol. The minimum absolute atomic E-state index is 0.437. The highest BCUT2D eigenvalue weighted by molar-refractivity contribution is 5.24. The molecule has 0 radical (unpaired) electrons. The second-order valence-corrected chi connectivity index (χ2v) is 4.87. The summed E-state index contributed by atoms with van der Waals surface area (Å²) in [4.78, 5) is 0. The maximum atomic E-state index is 2.34. The molecular formula is C14H22. The van der Waals surface area contributed by atoms with Crippen LogP contribution in [0.5, 0.6) is 0 Å². The summed E-state index contributed by atoms with van der Waals surface area (Å²) in [6, 6.07) is 8.98. The second kappa shape index (κ2) is 4.63. The maximum Gasteiger partial charge on any atom is -0.0227 e. The molecule has 78 valence electrons. The van der Waals surface area contributed by atoms with Crippen LogP contribution in [-0.4, -0.2) is 0 Å². The summed E-state index contributed by atoms with van der Waals surface area (Å²) in [5, 5.41) is 0. The average Bonchev–Trinajstić information content (AvgIpc) is 2.17. The van der Waals surface area contributed by atoms with Crippen molar-refractivity contribution in [2.24, 2.45) is 5.41 Å². The highest BCUT2D eigenvalue weighted by Gasteiger charge is 2.15. The van der Waals surface area contributed by atoms with Crippen LogP contribution in [0.1, 0.15) is 45.2 Å². The van der Waals surface area contributed by atoms with Gasteiger partial charge in [0, 0.05) is 0 Å². The monoisotopic (exact) mass is 190 g/mol. The summed E-state index contributed by atoms with van der Waals surface area (Å²) in [7, 11) is 0. The Bertz CT molecular complexity index is 284. The zero-order valence-corrected chi connectivity index (χ0v) is 9.93. The molecule has 0 atom stereocenters. The Hall–Kier alpha value is -0.780. The van der Waals surface area contributed by atoms with Crippen molar-refractivity contribution in [2.45, 2.75) is 47.0 Å². The summed E-state index contributed by atoms with van der Waals surface area (Å²) in [6.45, 7) is 9.16. The van der Waals surface area contributed by atoms with E-state index < -0.39 is 0 Å². The van der Waals surface area contributed by atoms with Crippen LogP contribution < -0.4 is 0 Å². The zero-order chi connectivity index (χ0) is 10.6. The number of hydrogen-bond donors (Lipinski definition) is 0. The second-order valence-electron chi connectivity index (χ2n) is 4.87. The lowest BCUT2D eigenvalue weighted by molar-refractivity contribution is 0.349. The molecule has 0 aliphatic heterocycles. The highest BCUT2D eigenvalue weighted by atomic mass is 14.2. The molecule has 0 heterocycles. The Labute approximate surface area is 88.4 Å². The summed E-state index contributed by atoms with van der Waals surface area (Å²) < 4.78 is 0. The van der Waals surface area contributed by atoms with Crippen LogP contribution in [-0.2, 0) is 12.8 Å². The van der Waals surface area contributed by atoms with Crippen LogP contribution in [0.15, 0.2) is 24.3 Å². The van der Waals surface area contributed by atoms with Gasteiger partial charge in [0.2, 0.25) is 0 Å². The number of benzene rings is 1. The zero-order valence-electron chi connectivity index (χ0n) is 9.93. The van der Waals surface area contributed by atoms with Gasteiger partial charge in [0.25, 0.3) is 0 Å². The molecule has 0 aromatic heterocycles. The van der Waals surface area contributed by atoms with E-state index in [0.717, 1.165) is 6.42 Å². The maximum absolute atomic E-state index is 2.34. The van der Waals surface area contributed by atoms with Gasteiger partial charge in [0.1, 0.15) is 0 Å². The predicted octanol–water partition coefficient (Wildman–Crippen LogP) is 4.23. The lowest BCUT2D eigenvalue weighted by Gasteiger charge is -2.22. The van der Waals surface area contributed by atoms with Crippen LogP contribution in [0.2, 0.25) is 0 Å². The molecule has 0 spiro atoms. The van der Waals surface area contributed by atoms with E-state index in [9.17, 15) is 0 Å². The fraction of sp³-hybridized carbons (Fsp3) is 0.571. The minimum atomic E-state index is 0.437. The van der Waals surface area contributed by atoms with Gasteiger partial charge < -0.3 is 0 Å². The van der Waals surface area contributed by atoms with Gasteiger partial charge in [0.15, 0.2) is 0 Å². The quantitative estimate of drug-likeness (QED) is 0.666. The normalized spacial score (nSPS) is 11.7. The predicted molar refractivity (Wildman–Crippen MR) is 63.6 cm³/mol. The molecule has 0 unspecified atom stereocenters. The topological polar surface area (TPSA) is 0 Å². The van der Waals surface area contributed by atoms with E-state index in [1.807, 2.05) is 0 Å². The third kappa shape index (κ3) is 3.17. The number of aryl methyl sites for hydroxylation is 1. The summed E-state index contributed by atoms with van der Waals surface area (Å²) in [6.07, 6.45) is 3.57. The molecule has 0 N–H and O–H groups in total. The van der Waals surface area contributed by atoms with Crippen molar-refractivity contribution in [3.05, 3.63) is 35.4 Å². The third-order valence-corrected chi connectivity index (χ3v) is 3.04. The standard InChI is InChI=1S/C14H22/c1-5-12-8-7-9-13(10-12)11-14(3,4)6-2/h7-10H,5-6,11H2,1-4H3. The summed E-state index contributed by atoms with van der Waals surface area (Å²) in [5.74, 6) is 0. The van der Waals surface area contributed by atoms with Crippen LogP contribution in [0.4, 0.5) is 0 Å². The molecule has 14 heavy (non-hydrogen) atoms. The van der Waals surface area contributed by atoms with Crippen molar-refractivity contribution < 1.29 is 0 Å². The smallest absolute Gasteiger partial charge is 0.0227 e. The van der Waals surface area contributed by atoms with E-state index in [0.29, 0.717) is 5.41 Å². The lowest BCUT2D eigenvalue weighted by atomic mass is 9.83. The Morgan fingerprint density at radius 1 is 1.07 bits per heavy atom. The third-order valence-electron chi connectivity index (χ3n) is 3.04. The summed E-state index contributed by atoms with van der Waals surface area (Å²) in [5.41, 5.74) is 3.37. The fourth-order valence-corrected chi connectivity index (χ4v) is 1.64. The largest absolute Gasteiger partial charge is 0.0649 e. The SMILES string of the molecule is CCc1cccc(CC(C)(C)CC)c1. The Morgan fingerprint density at radius 3 is 2.29 bits per heavy atom. The van der Waals surface area contributed by atoms with Crippen molar-refractivity contribution in [2.75, 3.05) is 0 Å². The van der Waals surface area contributed by atoms with Gasteiger partial charge in [-0.2, -0.15) is 0 Å². The van der Waals surface area contributed by atoms with E-state index in [1.165, 1.54) is 24.0 Å². The molecule has 0 fully saturated rings. The molecule has 1 aromatic carbocycles. The molecule has 0 heteroatoms.